The Morgan fingerprint density at radius 2 is 2.13 bits per heavy atom. The highest BCUT2D eigenvalue weighted by molar-refractivity contribution is 7.92. The molecule has 0 radical (unpaired) electrons. The summed E-state index contributed by atoms with van der Waals surface area (Å²) in [5, 5.41) is 0. The van der Waals surface area contributed by atoms with Gasteiger partial charge >= 0.3 is 6.03 Å². The number of fused-ring (bicyclic) bond motifs is 1. The van der Waals surface area contributed by atoms with E-state index in [9.17, 15) is 9.35 Å². The molecule has 8 heteroatoms. The number of carbonyl (C=O) groups excluding carboxylic acids is 1. The van der Waals surface area contributed by atoms with Crippen LogP contribution in [0.15, 0.2) is 30.7 Å². The molecule has 23 heavy (non-hydrogen) atoms. The van der Waals surface area contributed by atoms with Gasteiger partial charge in [-0.3, -0.25) is 9.88 Å². The Morgan fingerprint density at radius 3 is 2.87 bits per heavy atom. The van der Waals surface area contributed by atoms with Gasteiger partial charge < -0.3 is 10.3 Å². The van der Waals surface area contributed by atoms with Crippen molar-refractivity contribution in [3.63, 3.8) is 0 Å². The molecule has 0 spiro atoms. The van der Waals surface area contributed by atoms with Gasteiger partial charge in [0, 0.05) is 30.1 Å². The average molecular weight is 331 g/mol. The zero-order valence-electron chi connectivity index (χ0n) is 12.7. The topological polar surface area (TPSA) is 107 Å². The van der Waals surface area contributed by atoms with Crippen molar-refractivity contribution in [2.75, 3.05) is 22.4 Å². The lowest BCUT2D eigenvalue weighted by atomic mass is 10.0. The molecule has 7 nitrogen and oxygen atoms in total. The third-order valence-electron chi connectivity index (χ3n) is 3.63. The van der Waals surface area contributed by atoms with Crippen molar-refractivity contribution < 1.29 is 9.35 Å². The summed E-state index contributed by atoms with van der Waals surface area (Å²) in [5.41, 5.74) is 8.83. The first-order valence-corrected chi connectivity index (χ1v) is 8.72. The van der Waals surface area contributed by atoms with Crippen molar-refractivity contribution in [2.24, 2.45) is 5.73 Å². The van der Waals surface area contributed by atoms with Crippen LogP contribution in [0, 0.1) is 0 Å². The molecule has 1 atom stereocenters. The summed E-state index contributed by atoms with van der Waals surface area (Å²) in [6.45, 7) is 0.595. The number of hydrogen-bond donors (Lipinski definition) is 2. The summed E-state index contributed by atoms with van der Waals surface area (Å²) < 4.78 is 14.1. The van der Waals surface area contributed by atoms with Crippen molar-refractivity contribution in [2.45, 2.75) is 12.8 Å². The van der Waals surface area contributed by atoms with Crippen LogP contribution in [0.5, 0.6) is 0 Å². The highest BCUT2D eigenvalue weighted by Crippen LogP contribution is 2.29. The van der Waals surface area contributed by atoms with Crippen LogP contribution in [-0.2, 0) is 17.8 Å². The van der Waals surface area contributed by atoms with E-state index in [2.05, 4.69) is 14.7 Å². The minimum atomic E-state index is -1.16. The molecule has 0 aromatic carbocycles. The standard InChI is InChI=1S/C15H17N5O2S/c1-23(22)19-13-6-12(7-17-9-13)11-5-10-3-2-4-20(15(16)21)14(10)18-8-11/h5-9,19H,2-4H2,1H3,(H2,16,21). The average Bonchev–Trinajstić information content (AvgIpc) is 2.53. The Balaban J connectivity index is 1.94. The van der Waals surface area contributed by atoms with E-state index >= 15 is 0 Å². The number of pyridine rings is 2. The van der Waals surface area contributed by atoms with E-state index in [1.807, 2.05) is 12.1 Å². The second-order valence-corrected chi connectivity index (χ2v) is 6.43. The van der Waals surface area contributed by atoms with E-state index in [1.54, 1.807) is 24.8 Å². The molecular weight excluding hydrogens is 314 g/mol. The van der Waals surface area contributed by atoms with Crippen molar-refractivity contribution in [3.8, 4) is 11.1 Å². The molecule has 3 rings (SSSR count). The smallest absolute Gasteiger partial charge is 0.320 e. The quantitative estimate of drug-likeness (QED) is 0.832. The van der Waals surface area contributed by atoms with Crippen LogP contribution in [0.2, 0.25) is 0 Å². The molecule has 0 fully saturated rings. The number of aromatic nitrogens is 2. The van der Waals surface area contributed by atoms with E-state index in [1.165, 1.54) is 4.90 Å². The van der Waals surface area contributed by atoms with Gasteiger partial charge in [0.25, 0.3) is 0 Å². The summed E-state index contributed by atoms with van der Waals surface area (Å²) in [7, 11) is 0. The SMILES string of the molecule is C[S+]([O-])Nc1cncc(-c2cnc3c(c2)CCCN3C(N)=O)c1. The number of anilines is 2. The number of primary amides is 1. The lowest BCUT2D eigenvalue weighted by molar-refractivity contribution is 0.253. The van der Waals surface area contributed by atoms with E-state index < -0.39 is 17.4 Å². The molecule has 0 saturated carbocycles. The van der Waals surface area contributed by atoms with Crippen LogP contribution in [0.3, 0.4) is 0 Å². The minimum absolute atomic E-state index is 0.482. The van der Waals surface area contributed by atoms with Crippen molar-refractivity contribution in [3.05, 3.63) is 36.3 Å². The fraction of sp³-hybridized carbons (Fsp3) is 0.267. The maximum absolute atomic E-state index is 11.5. The highest BCUT2D eigenvalue weighted by atomic mass is 32.2. The van der Waals surface area contributed by atoms with E-state index in [0.717, 1.165) is 29.5 Å². The van der Waals surface area contributed by atoms with E-state index in [4.69, 9.17) is 5.73 Å². The Morgan fingerprint density at radius 1 is 1.35 bits per heavy atom. The lowest BCUT2D eigenvalue weighted by Gasteiger charge is -2.26. The molecule has 3 N–H and O–H groups in total. The van der Waals surface area contributed by atoms with Gasteiger partial charge in [-0.2, -0.15) is 0 Å². The highest BCUT2D eigenvalue weighted by Gasteiger charge is 2.22. The molecule has 0 saturated heterocycles. The lowest BCUT2D eigenvalue weighted by Crippen LogP contribution is -2.40. The Labute approximate surface area is 137 Å². The number of aryl methyl sites for hydroxylation is 1. The van der Waals surface area contributed by atoms with Gasteiger partial charge in [0.05, 0.1) is 17.6 Å². The third-order valence-corrected chi connectivity index (χ3v) is 4.15. The zero-order valence-corrected chi connectivity index (χ0v) is 13.5. The number of rotatable bonds is 3. The van der Waals surface area contributed by atoms with Gasteiger partial charge in [0.1, 0.15) is 17.8 Å². The number of urea groups is 1. The van der Waals surface area contributed by atoms with Gasteiger partial charge in [-0.15, -0.1) is 0 Å². The summed E-state index contributed by atoms with van der Waals surface area (Å²) in [5.74, 6) is 0.629. The van der Waals surface area contributed by atoms with Gasteiger partial charge in [-0.25, -0.2) is 14.5 Å². The molecule has 2 amide bonds. The Hall–Kier alpha value is -2.32. The summed E-state index contributed by atoms with van der Waals surface area (Å²) in [4.78, 5) is 21.5. The maximum Gasteiger partial charge on any atom is 0.320 e. The first kappa shape index (κ1) is 15.6. The maximum atomic E-state index is 11.5. The van der Waals surface area contributed by atoms with Gasteiger partial charge in [0.2, 0.25) is 0 Å². The molecule has 120 valence electrons. The Kier molecular flexibility index (Phi) is 4.35. The van der Waals surface area contributed by atoms with Gasteiger partial charge in [-0.1, -0.05) is 0 Å². The first-order valence-electron chi connectivity index (χ1n) is 7.16. The van der Waals surface area contributed by atoms with E-state index in [-0.39, 0.29) is 0 Å². The number of nitrogens with two attached hydrogens (primary N) is 1. The van der Waals surface area contributed by atoms with Crippen molar-refractivity contribution in [1.82, 2.24) is 9.97 Å². The second-order valence-electron chi connectivity index (χ2n) is 5.32. The van der Waals surface area contributed by atoms with Crippen LogP contribution >= 0.6 is 0 Å². The van der Waals surface area contributed by atoms with E-state index in [0.29, 0.717) is 18.1 Å². The van der Waals surface area contributed by atoms with Crippen LogP contribution in [0.25, 0.3) is 11.1 Å². The van der Waals surface area contributed by atoms with Gasteiger partial charge in [0.15, 0.2) is 0 Å². The monoisotopic (exact) mass is 331 g/mol. The van der Waals surface area contributed by atoms with Crippen LogP contribution in [0.4, 0.5) is 16.3 Å². The molecular formula is C15H17N5O2S. The number of hydrogen-bond acceptors (Lipinski definition) is 5. The molecule has 3 heterocycles. The largest absolute Gasteiger partial charge is 0.593 e. The predicted molar refractivity (Wildman–Crippen MR) is 90.4 cm³/mol. The molecule has 0 aliphatic carbocycles. The first-order chi connectivity index (χ1) is 11.0. The molecule has 1 aliphatic rings. The normalized spacial score (nSPS) is 15.0. The second kappa shape index (κ2) is 6.43. The fourth-order valence-corrected chi connectivity index (χ4v) is 3.10. The molecule has 1 unspecified atom stereocenters. The van der Waals surface area contributed by atoms with Crippen molar-refractivity contribution in [1.29, 1.82) is 0 Å². The number of nitrogens with zero attached hydrogens (tertiary/aromatic N) is 3. The minimum Gasteiger partial charge on any atom is -0.593 e. The molecule has 0 bridgehead atoms. The predicted octanol–water partition coefficient (Wildman–Crippen LogP) is 1.68. The van der Waals surface area contributed by atoms with Crippen LogP contribution in [0.1, 0.15) is 12.0 Å². The molecule has 2 aromatic rings. The number of nitrogens with one attached hydrogen (secondary N) is 1. The van der Waals surface area contributed by atoms with Gasteiger partial charge in [-0.05, 0) is 30.5 Å². The zero-order chi connectivity index (χ0) is 16.4. The third kappa shape index (κ3) is 3.38. The summed E-state index contributed by atoms with van der Waals surface area (Å²) >= 11 is -1.16. The van der Waals surface area contributed by atoms with Crippen molar-refractivity contribution >= 4 is 28.9 Å². The van der Waals surface area contributed by atoms with Crippen LogP contribution in [-0.4, -0.2) is 33.4 Å². The molecule has 1 aliphatic heterocycles. The summed E-state index contributed by atoms with van der Waals surface area (Å²) in [6.07, 6.45) is 8.31. The molecule has 2 aromatic heterocycles. The number of carbonyl (C=O) groups is 1. The van der Waals surface area contributed by atoms with Crippen LogP contribution < -0.4 is 15.4 Å². The number of amides is 2. The summed E-state index contributed by atoms with van der Waals surface area (Å²) in [6, 6.07) is 3.39. The fourth-order valence-electron chi connectivity index (χ4n) is 2.66. The Bertz CT molecular complexity index is 738.